The van der Waals surface area contributed by atoms with Crippen molar-refractivity contribution < 1.29 is 9.90 Å². The van der Waals surface area contributed by atoms with Gasteiger partial charge in [-0.2, -0.15) is 0 Å². The summed E-state index contributed by atoms with van der Waals surface area (Å²) in [5.74, 6) is 0.0557. The van der Waals surface area contributed by atoms with Gasteiger partial charge < -0.3 is 15.0 Å². The first-order valence-electron chi connectivity index (χ1n) is 6.35. The van der Waals surface area contributed by atoms with Crippen LogP contribution in [0.1, 0.15) is 49.2 Å². The van der Waals surface area contributed by atoms with Gasteiger partial charge in [-0.1, -0.05) is 0 Å². The normalized spacial score (nSPS) is 12.4. The summed E-state index contributed by atoms with van der Waals surface area (Å²) in [6.07, 6.45) is 3.08. The topological polar surface area (TPSA) is 92.9 Å². The molecule has 0 unspecified atom stereocenters. The molecule has 0 bridgehead atoms. The largest absolute Gasteiger partial charge is 0.505 e. The Bertz CT molecular complexity index is 608. The van der Waals surface area contributed by atoms with Crippen LogP contribution in [0, 0.1) is 0 Å². The molecule has 0 saturated heterocycles. The Morgan fingerprint density at radius 1 is 1.40 bits per heavy atom. The standard InChI is InChI=1S/C13H17N5O2/c1-8(2)18-7-15-17-12(18)9(3)16-13(20)11-10(19)5-4-6-14-11/h4-9,19H,1-3H3,(H,16,20)/t9-/m0/s1. The van der Waals surface area contributed by atoms with E-state index >= 15 is 0 Å². The van der Waals surface area contributed by atoms with Gasteiger partial charge in [0.05, 0.1) is 6.04 Å². The number of nitrogens with one attached hydrogen (secondary N) is 1. The zero-order chi connectivity index (χ0) is 14.7. The SMILES string of the molecule is CC(C)n1cnnc1[C@H](C)NC(=O)c1ncccc1O. The number of carbonyl (C=O) groups is 1. The lowest BCUT2D eigenvalue weighted by Crippen LogP contribution is -2.29. The van der Waals surface area contributed by atoms with Gasteiger partial charge in [0, 0.05) is 12.2 Å². The van der Waals surface area contributed by atoms with Gasteiger partial charge in [0.1, 0.15) is 12.1 Å². The zero-order valence-electron chi connectivity index (χ0n) is 11.6. The first-order valence-corrected chi connectivity index (χ1v) is 6.35. The summed E-state index contributed by atoms with van der Waals surface area (Å²) < 4.78 is 1.88. The van der Waals surface area contributed by atoms with Crippen molar-refractivity contribution in [2.45, 2.75) is 32.9 Å². The van der Waals surface area contributed by atoms with E-state index in [4.69, 9.17) is 0 Å². The van der Waals surface area contributed by atoms with Gasteiger partial charge in [-0.25, -0.2) is 4.98 Å². The van der Waals surface area contributed by atoms with E-state index in [1.807, 2.05) is 18.4 Å². The summed E-state index contributed by atoms with van der Waals surface area (Å²) in [5, 5.41) is 20.2. The number of aromatic nitrogens is 4. The number of hydrogen-bond donors (Lipinski definition) is 2. The third kappa shape index (κ3) is 2.76. The molecule has 0 radical (unpaired) electrons. The fraction of sp³-hybridized carbons (Fsp3) is 0.385. The summed E-state index contributed by atoms with van der Waals surface area (Å²) >= 11 is 0. The van der Waals surface area contributed by atoms with Gasteiger partial charge >= 0.3 is 0 Å². The predicted molar refractivity (Wildman–Crippen MR) is 72.2 cm³/mol. The zero-order valence-corrected chi connectivity index (χ0v) is 11.6. The van der Waals surface area contributed by atoms with E-state index in [0.29, 0.717) is 5.82 Å². The third-order valence-electron chi connectivity index (χ3n) is 2.89. The summed E-state index contributed by atoms with van der Waals surface area (Å²) in [6, 6.07) is 2.84. The molecule has 7 nitrogen and oxygen atoms in total. The maximum Gasteiger partial charge on any atom is 0.274 e. The van der Waals surface area contributed by atoms with Crippen molar-refractivity contribution in [2.24, 2.45) is 0 Å². The van der Waals surface area contributed by atoms with Gasteiger partial charge in [0.25, 0.3) is 5.91 Å². The molecule has 0 spiro atoms. The molecule has 1 atom stereocenters. The van der Waals surface area contributed by atoms with Crippen molar-refractivity contribution in [2.75, 3.05) is 0 Å². The highest BCUT2D eigenvalue weighted by molar-refractivity contribution is 5.94. The highest BCUT2D eigenvalue weighted by atomic mass is 16.3. The number of pyridine rings is 1. The predicted octanol–water partition coefficient (Wildman–Crippen LogP) is 1.45. The van der Waals surface area contributed by atoms with Crippen molar-refractivity contribution in [3.8, 4) is 5.75 Å². The molecular weight excluding hydrogens is 258 g/mol. The van der Waals surface area contributed by atoms with Crippen molar-refractivity contribution in [3.63, 3.8) is 0 Å². The highest BCUT2D eigenvalue weighted by Gasteiger charge is 2.20. The Labute approximate surface area is 116 Å². The Morgan fingerprint density at radius 2 is 2.15 bits per heavy atom. The van der Waals surface area contributed by atoms with Gasteiger partial charge in [-0.05, 0) is 32.9 Å². The minimum atomic E-state index is -0.450. The smallest absolute Gasteiger partial charge is 0.274 e. The van der Waals surface area contributed by atoms with Crippen LogP contribution in [0.5, 0.6) is 5.75 Å². The lowest BCUT2D eigenvalue weighted by molar-refractivity contribution is 0.0929. The maximum absolute atomic E-state index is 12.1. The molecule has 7 heteroatoms. The molecule has 2 aromatic heterocycles. The Balaban J connectivity index is 2.16. The molecule has 106 valence electrons. The van der Waals surface area contributed by atoms with E-state index in [1.54, 1.807) is 19.3 Å². The molecule has 0 aliphatic carbocycles. The van der Waals surface area contributed by atoms with Crippen molar-refractivity contribution >= 4 is 5.91 Å². The number of hydrogen-bond acceptors (Lipinski definition) is 5. The van der Waals surface area contributed by atoms with E-state index in [2.05, 4.69) is 20.5 Å². The van der Waals surface area contributed by atoms with Gasteiger partial charge in [-0.3, -0.25) is 4.79 Å². The maximum atomic E-state index is 12.1. The van der Waals surface area contributed by atoms with E-state index in [9.17, 15) is 9.90 Å². The number of carbonyl (C=O) groups excluding carboxylic acids is 1. The van der Waals surface area contributed by atoms with Crippen LogP contribution < -0.4 is 5.32 Å². The Hall–Kier alpha value is -2.44. The molecule has 0 aliphatic heterocycles. The minimum absolute atomic E-state index is 0.00466. The minimum Gasteiger partial charge on any atom is -0.505 e. The van der Waals surface area contributed by atoms with Crippen molar-refractivity contribution in [3.05, 3.63) is 36.2 Å². The molecule has 20 heavy (non-hydrogen) atoms. The van der Waals surface area contributed by atoms with E-state index in [1.165, 1.54) is 12.3 Å². The summed E-state index contributed by atoms with van der Waals surface area (Å²) in [7, 11) is 0. The van der Waals surface area contributed by atoms with Gasteiger partial charge in [0.2, 0.25) is 0 Å². The number of rotatable bonds is 4. The Morgan fingerprint density at radius 3 is 2.80 bits per heavy atom. The fourth-order valence-corrected chi connectivity index (χ4v) is 1.86. The summed E-state index contributed by atoms with van der Waals surface area (Å²) in [6.45, 7) is 5.82. The fourth-order valence-electron chi connectivity index (χ4n) is 1.86. The molecule has 2 aromatic rings. The van der Waals surface area contributed by atoms with Crippen LogP contribution in [-0.4, -0.2) is 30.8 Å². The first kappa shape index (κ1) is 14.0. The van der Waals surface area contributed by atoms with Crippen LogP contribution in [0.4, 0.5) is 0 Å². The average molecular weight is 275 g/mol. The quantitative estimate of drug-likeness (QED) is 0.881. The van der Waals surface area contributed by atoms with Crippen molar-refractivity contribution in [1.29, 1.82) is 0 Å². The Kier molecular flexibility index (Phi) is 3.97. The van der Waals surface area contributed by atoms with Crippen LogP contribution in [0.2, 0.25) is 0 Å². The molecule has 1 amide bonds. The molecule has 0 saturated carbocycles. The second-order valence-corrected chi connectivity index (χ2v) is 4.76. The van der Waals surface area contributed by atoms with Gasteiger partial charge in [-0.15, -0.1) is 10.2 Å². The lowest BCUT2D eigenvalue weighted by Gasteiger charge is -2.16. The van der Waals surface area contributed by atoms with Crippen LogP contribution in [0.3, 0.4) is 0 Å². The molecule has 2 rings (SSSR count). The second-order valence-electron chi connectivity index (χ2n) is 4.76. The lowest BCUT2D eigenvalue weighted by atomic mass is 10.2. The van der Waals surface area contributed by atoms with Crippen molar-refractivity contribution in [1.82, 2.24) is 25.1 Å². The van der Waals surface area contributed by atoms with Crippen LogP contribution in [0.15, 0.2) is 24.7 Å². The molecule has 2 N–H and O–H groups in total. The van der Waals surface area contributed by atoms with Gasteiger partial charge in [0.15, 0.2) is 11.5 Å². The van der Waals surface area contributed by atoms with Crippen LogP contribution >= 0.6 is 0 Å². The molecule has 0 aliphatic rings. The summed E-state index contributed by atoms with van der Waals surface area (Å²) in [5.41, 5.74) is -0.00466. The first-order chi connectivity index (χ1) is 9.50. The third-order valence-corrected chi connectivity index (χ3v) is 2.89. The molecular formula is C13H17N5O2. The molecule has 0 fully saturated rings. The summed E-state index contributed by atoms with van der Waals surface area (Å²) in [4.78, 5) is 15.9. The number of amides is 1. The number of aromatic hydroxyl groups is 1. The number of nitrogens with zero attached hydrogens (tertiary/aromatic N) is 4. The monoisotopic (exact) mass is 275 g/mol. The molecule has 2 heterocycles. The average Bonchev–Trinajstić information content (AvgIpc) is 2.88. The highest BCUT2D eigenvalue weighted by Crippen LogP contribution is 2.17. The van der Waals surface area contributed by atoms with Crippen LogP contribution in [0.25, 0.3) is 0 Å². The van der Waals surface area contributed by atoms with E-state index < -0.39 is 5.91 Å². The van der Waals surface area contributed by atoms with E-state index in [0.717, 1.165) is 0 Å². The second kappa shape index (κ2) is 5.68. The van der Waals surface area contributed by atoms with Crippen LogP contribution in [-0.2, 0) is 0 Å². The molecule has 0 aromatic carbocycles. The van der Waals surface area contributed by atoms with E-state index in [-0.39, 0.29) is 23.5 Å².